The molecule has 0 aliphatic carbocycles. The fourth-order valence-corrected chi connectivity index (χ4v) is 2.10. The van der Waals surface area contributed by atoms with Crippen LogP contribution in [-0.4, -0.2) is 29.9 Å². The van der Waals surface area contributed by atoms with Crippen LogP contribution in [0.2, 0.25) is 0 Å². The van der Waals surface area contributed by atoms with E-state index in [9.17, 15) is 9.59 Å². The minimum Gasteiger partial charge on any atom is -0.314 e. The van der Waals surface area contributed by atoms with Gasteiger partial charge in [0, 0.05) is 6.54 Å². The van der Waals surface area contributed by atoms with E-state index in [1.165, 1.54) is 4.90 Å². The summed E-state index contributed by atoms with van der Waals surface area (Å²) in [6.45, 7) is 4.65. The molecule has 0 unspecified atom stereocenters. The van der Waals surface area contributed by atoms with Crippen molar-refractivity contribution in [1.29, 1.82) is 5.26 Å². The number of benzene rings is 1. The molecule has 0 N–H and O–H groups in total. The second-order valence-electron chi connectivity index (χ2n) is 4.95. The molecule has 1 saturated heterocycles. The molecular weight excluding hydrogens is 242 g/mol. The van der Waals surface area contributed by atoms with Crippen molar-refractivity contribution >= 4 is 17.6 Å². The highest BCUT2D eigenvalue weighted by Gasteiger charge is 2.37. The third kappa shape index (κ3) is 2.58. The molecule has 19 heavy (non-hydrogen) atoms. The highest BCUT2D eigenvalue weighted by Crippen LogP contribution is 2.22. The highest BCUT2D eigenvalue weighted by atomic mass is 16.2. The summed E-state index contributed by atoms with van der Waals surface area (Å²) in [5.41, 5.74) is 0.890. The smallest absolute Gasteiger partial charge is 0.314 e. The molecule has 0 spiro atoms. The lowest BCUT2D eigenvalue weighted by Crippen LogP contribution is -2.34. The number of carbonyl (C=O) groups excluding carboxylic acids is 2. The molecule has 0 bridgehead atoms. The van der Waals surface area contributed by atoms with Crippen LogP contribution in [-0.2, 0) is 4.79 Å². The summed E-state index contributed by atoms with van der Waals surface area (Å²) in [5, 5.41) is 8.86. The molecule has 1 heterocycles. The Bertz CT molecular complexity index is 560. The molecule has 5 nitrogen and oxygen atoms in total. The molecule has 5 heteroatoms. The molecule has 1 aliphatic rings. The number of nitrogens with zero attached hydrogens (tertiary/aromatic N) is 3. The monoisotopic (exact) mass is 257 g/mol. The number of urea groups is 1. The second kappa shape index (κ2) is 5.11. The minimum absolute atomic E-state index is 0.105. The van der Waals surface area contributed by atoms with Gasteiger partial charge in [0.15, 0.2) is 0 Å². The minimum atomic E-state index is -0.311. The van der Waals surface area contributed by atoms with E-state index in [2.05, 4.69) is 0 Å². The Labute approximate surface area is 112 Å². The zero-order valence-corrected chi connectivity index (χ0v) is 11.0. The van der Waals surface area contributed by atoms with Gasteiger partial charge >= 0.3 is 6.03 Å². The average Bonchev–Trinajstić information content (AvgIpc) is 2.64. The van der Waals surface area contributed by atoms with Crippen LogP contribution < -0.4 is 4.90 Å². The van der Waals surface area contributed by atoms with Gasteiger partial charge in [0.2, 0.25) is 0 Å². The third-order valence-electron chi connectivity index (χ3n) is 2.86. The molecule has 1 aliphatic heterocycles. The van der Waals surface area contributed by atoms with Gasteiger partial charge in [0.05, 0.1) is 17.3 Å². The summed E-state index contributed by atoms with van der Waals surface area (Å²) in [6, 6.07) is 8.21. The molecule has 2 rings (SSSR count). The van der Waals surface area contributed by atoms with Gasteiger partial charge in [-0.25, -0.2) is 9.69 Å². The zero-order chi connectivity index (χ0) is 14.0. The third-order valence-corrected chi connectivity index (χ3v) is 2.86. The van der Waals surface area contributed by atoms with Crippen LogP contribution in [0.15, 0.2) is 24.3 Å². The standard InChI is InChI=1S/C14H15N3O2/c1-10(2)8-16-9-13(18)17(14(16)19)12-5-3-4-11(6-12)7-15/h3-6,10H,8-9H2,1-2H3. The van der Waals surface area contributed by atoms with Crippen LogP contribution in [0.4, 0.5) is 10.5 Å². The van der Waals surface area contributed by atoms with Gasteiger partial charge in [-0.3, -0.25) is 4.79 Å². The summed E-state index contributed by atoms with van der Waals surface area (Å²) in [7, 11) is 0. The molecule has 1 fully saturated rings. The van der Waals surface area contributed by atoms with Crippen LogP contribution >= 0.6 is 0 Å². The van der Waals surface area contributed by atoms with E-state index in [4.69, 9.17) is 5.26 Å². The van der Waals surface area contributed by atoms with E-state index in [-0.39, 0.29) is 18.5 Å². The summed E-state index contributed by atoms with van der Waals surface area (Å²) in [6.07, 6.45) is 0. The average molecular weight is 257 g/mol. The molecule has 1 aromatic carbocycles. The molecule has 0 radical (unpaired) electrons. The normalized spacial score (nSPS) is 15.3. The maximum atomic E-state index is 12.2. The van der Waals surface area contributed by atoms with E-state index in [1.54, 1.807) is 24.3 Å². The van der Waals surface area contributed by atoms with Crippen molar-refractivity contribution in [3.8, 4) is 6.07 Å². The summed E-state index contributed by atoms with van der Waals surface area (Å²) < 4.78 is 0. The number of nitriles is 1. The Morgan fingerprint density at radius 1 is 1.37 bits per heavy atom. The fraction of sp³-hybridized carbons (Fsp3) is 0.357. The Morgan fingerprint density at radius 3 is 2.74 bits per heavy atom. The van der Waals surface area contributed by atoms with Gasteiger partial charge in [0.1, 0.15) is 6.54 Å². The van der Waals surface area contributed by atoms with Crippen molar-refractivity contribution in [2.75, 3.05) is 18.0 Å². The first-order valence-corrected chi connectivity index (χ1v) is 6.15. The van der Waals surface area contributed by atoms with Gasteiger partial charge in [-0.1, -0.05) is 19.9 Å². The predicted molar refractivity (Wildman–Crippen MR) is 70.5 cm³/mol. The van der Waals surface area contributed by atoms with E-state index in [0.29, 0.717) is 23.7 Å². The lowest BCUT2D eigenvalue weighted by molar-refractivity contribution is -0.116. The first-order valence-electron chi connectivity index (χ1n) is 6.15. The van der Waals surface area contributed by atoms with Gasteiger partial charge in [-0.2, -0.15) is 5.26 Å². The largest absolute Gasteiger partial charge is 0.331 e. The van der Waals surface area contributed by atoms with Crippen molar-refractivity contribution < 1.29 is 9.59 Å². The van der Waals surface area contributed by atoms with Crippen LogP contribution in [0.5, 0.6) is 0 Å². The van der Waals surface area contributed by atoms with E-state index >= 15 is 0 Å². The highest BCUT2D eigenvalue weighted by molar-refractivity contribution is 6.19. The number of anilines is 1. The van der Waals surface area contributed by atoms with Gasteiger partial charge < -0.3 is 4.90 Å². The molecule has 1 aromatic rings. The zero-order valence-electron chi connectivity index (χ0n) is 11.0. The van der Waals surface area contributed by atoms with E-state index in [0.717, 1.165) is 4.90 Å². The van der Waals surface area contributed by atoms with Crippen molar-refractivity contribution in [3.63, 3.8) is 0 Å². The second-order valence-corrected chi connectivity index (χ2v) is 4.95. The Hall–Kier alpha value is -2.35. The number of amides is 3. The lowest BCUT2D eigenvalue weighted by Gasteiger charge is -2.18. The van der Waals surface area contributed by atoms with Crippen LogP contribution in [0.1, 0.15) is 19.4 Å². The van der Waals surface area contributed by atoms with Gasteiger partial charge in [-0.05, 0) is 24.1 Å². The summed E-state index contributed by atoms with van der Waals surface area (Å²) >= 11 is 0. The predicted octanol–water partition coefficient (Wildman–Crippen LogP) is 1.98. The Morgan fingerprint density at radius 2 is 2.11 bits per heavy atom. The first-order chi connectivity index (χ1) is 9.02. The number of carbonyl (C=O) groups is 2. The fourth-order valence-electron chi connectivity index (χ4n) is 2.10. The van der Waals surface area contributed by atoms with Crippen LogP contribution in [0, 0.1) is 17.2 Å². The topological polar surface area (TPSA) is 64.4 Å². The Balaban J connectivity index is 2.27. The van der Waals surface area contributed by atoms with Gasteiger partial charge in [-0.15, -0.1) is 0 Å². The van der Waals surface area contributed by atoms with Crippen LogP contribution in [0.3, 0.4) is 0 Å². The number of imide groups is 1. The lowest BCUT2D eigenvalue weighted by atomic mass is 10.2. The van der Waals surface area contributed by atoms with Gasteiger partial charge in [0.25, 0.3) is 5.91 Å². The SMILES string of the molecule is CC(C)CN1CC(=O)N(c2cccc(C#N)c2)C1=O. The Kier molecular flexibility index (Phi) is 3.52. The van der Waals surface area contributed by atoms with Crippen molar-refractivity contribution in [2.24, 2.45) is 5.92 Å². The molecule has 0 atom stereocenters. The first kappa shape index (κ1) is 13.1. The number of hydrogen-bond acceptors (Lipinski definition) is 3. The molecule has 3 amide bonds. The molecule has 98 valence electrons. The van der Waals surface area contributed by atoms with E-state index in [1.807, 2.05) is 19.9 Å². The van der Waals surface area contributed by atoms with E-state index < -0.39 is 0 Å². The quantitative estimate of drug-likeness (QED) is 0.778. The van der Waals surface area contributed by atoms with Crippen molar-refractivity contribution in [3.05, 3.63) is 29.8 Å². The molecular formula is C14H15N3O2. The van der Waals surface area contributed by atoms with Crippen molar-refractivity contribution in [2.45, 2.75) is 13.8 Å². The summed E-state index contributed by atoms with van der Waals surface area (Å²) in [5.74, 6) is 0.0582. The molecule has 0 aromatic heterocycles. The maximum absolute atomic E-state index is 12.2. The molecule has 0 saturated carbocycles. The van der Waals surface area contributed by atoms with Crippen molar-refractivity contribution in [1.82, 2.24) is 4.90 Å². The maximum Gasteiger partial charge on any atom is 0.331 e. The van der Waals surface area contributed by atoms with Crippen LogP contribution in [0.25, 0.3) is 0 Å². The number of hydrogen-bond donors (Lipinski definition) is 0. The number of rotatable bonds is 3. The summed E-state index contributed by atoms with van der Waals surface area (Å²) in [4.78, 5) is 26.8.